The zero-order chi connectivity index (χ0) is 18.1. The number of benzene rings is 2. The second kappa shape index (κ2) is 6.44. The Hall–Kier alpha value is -3.48. The fourth-order valence-electron chi connectivity index (χ4n) is 3.26. The molecule has 1 aliphatic heterocycles. The summed E-state index contributed by atoms with van der Waals surface area (Å²) in [5, 5.41) is 17.7. The molecule has 0 saturated heterocycles. The molecule has 26 heavy (non-hydrogen) atoms. The minimum atomic E-state index is -0.450. The number of carbonyl (C=O) groups excluding carboxylic acids is 1. The van der Waals surface area contributed by atoms with Gasteiger partial charge in [0.05, 0.1) is 22.4 Å². The number of H-pyrrole nitrogens is 1. The van der Waals surface area contributed by atoms with E-state index >= 15 is 0 Å². The van der Waals surface area contributed by atoms with Crippen molar-refractivity contribution < 1.29 is 9.72 Å². The largest absolute Gasteiger partial charge is 0.334 e. The van der Waals surface area contributed by atoms with Gasteiger partial charge in [-0.25, -0.2) is 0 Å². The van der Waals surface area contributed by atoms with E-state index < -0.39 is 4.92 Å². The van der Waals surface area contributed by atoms with Crippen molar-refractivity contribution in [2.24, 2.45) is 0 Å². The van der Waals surface area contributed by atoms with Crippen molar-refractivity contribution in [2.75, 3.05) is 6.54 Å². The molecule has 2 heterocycles. The molecule has 2 aromatic carbocycles. The van der Waals surface area contributed by atoms with Crippen molar-refractivity contribution >= 4 is 11.6 Å². The fraction of sp³-hybridized carbons (Fsp3) is 0.158. The van der Waals surface area contributed by atoms with Gasteiger partial charge in [-0.3, -0.25) is 20.0 Å². The Morgan fingerprint density at radius 3 is 2.58 bits per heavy atom. The molecule has 0 aliphatic carbocycles. The number of aromatic amines is 1. The van der Waals surface area contributed by atoms with Crippen LogP contribution in [-0.2, 0) is 13.0 Å². The Bertz CT molecular complexity index is 978. The van der Waals surface area contributed by atoms with E-state index in [9.17, 15) is 14.9 Å². The number of nitro groups is 1. The van der Waals surface area contributed by atoms with Crippen molar-refractivity contribution in [3.63, 3.8) is 0 Å². The molecule has 0 saturated carbocycles. The standard InChI is InChI=1S/C19H16N4O3/c24-19(22-10-9-13-3-1-2-4-15(13)12-22)17-11-20-21-18(17)14-5-7-16(8-6-14)23(25)26/h1-8,11H,9-10,12H2,(H,20,21). The summed E-state index contributed by atoms with van der Waals surface area (Å²) in [5.74, 6) is -0.0957. The lowest BCUT2D eigenvalue weighted by molar-refractivity contribution is -0.384. The summed E-state index contributed by atoms with van der Waals surface area (Å²) >= 11 is 0. The van der Waals surface area contributed by atoms with Crippen molar-refractivity contribution in [2.45, 2.75) is 13.0 Å². The summed E-state index contributed by atoms with van der Waals surface area (Å²) in [7, 11) is 0. The topological polar surface area (TPSA) is 92.1 Å². The van der Waals surface area contributed by atoms with Crippen LogP contribution in [0.15, 0.2) is 54.7 Å². The predicted molar refractivity (Wildman–Crippen MR) is 95.6 cm³/mol. The smallest absolute Gasteiger partial charge is 0.269 e. The van der Waals surface area contributed by atoms with E-state index in [2.05, 4.69) is 16.3 Å². The second-order valence-corrected chi connectivity index (χ2v) is 6.21. The number of nitrogens with one attached hydrogen (secondary N) is 1. The molecule has 0 bridgehead atoms. The van der Waals surface area contributed by atoms with Crippen LogP contribution in [0.2, 0.25) is 0 Å². The molecule has 0 spiro atoms. The SMILES string of the molecule is O=C(c1cn[nH]c1-c1ccc([N+](=O)[O-])cc1)N1CCc2ccccc2C1. The Balaban J connectivity index is 1.61. The van der Waals surface area contributed by atoms with E-state index in [4.69, 9.17) is 0 Å². The van der Waals surface area contributed by atoms with Crippen LogP contribution >= 0.6 is 0 Å². The average Bonchev–Trinajstić information content (AvgIpc) is 3.17. The summed E-state index contributed by atoms with van der Waals surface area (Å²) in [4.78, 5) is 25.2. The Morgan fingerprint density at radius 2 is 1.85 bits per heavy atom. The molecule has 1 aliphatic rings. The van der Waals surface area contributed by atoms with E-state index in [1.54, 1.807) is 12.1 Å². The van der Waals surface area contributed by atoms with E-state index in [1.165, 1.54) is 23.9 Å². The van der Waals surface area contributed by atoms with Crippen molar-refractivity contribution in [3.8, 4) is 11.3 Å². The quantitative estimate of drug-likeness (QED) is 0.581. The van der Waals surface area contributed by atoms with Crippen LogP contribution in [0.5, 0.6) is 0 Å². The first-order valence-electron chi connectivity index (χ1n) is 8.28. The first-order valence-corrected chi connectivity index (χ1v) is 8.28. The molecular weight excluding hydrogens is 332 g/mol. The number of hydrogen-bond donors (Lipinski definition) is 1. The maximum absolute atomic E-state index is 13.0. The van der Waals surface area contributed by atoms with Gasteiger partial charge in [0, 0.05) is 30.8 Å². The van der Waals surface area contributed by atoms with Gasteiger partial charge in [0.15, 0.2) is 0 Å². The maximum atomic E-state index is 13.0. The number of nitro benzene ring substituents is 1. The van der Waals surface area contributed by atoms with Gasteiger partial charge >= 0.3 is 0 Å². The lowest BCUT2D eigenvalue weighted by atomic mass is 9.99. The number of hydrogen-bond acceptors (Lipinski definition) is 4. The molecular formula is C19H16N4O3. The minimum Gasteiger partial charge on any atom is -0.334 e. The summed E-state index contributed by atoms with van der Waals surface area (Å²) < 4.78 is 0. The van der Waals surface area contributed by atoms with Gasteiger partial charge in [0.1, 0.15) is 0 Å². The minimum absolute atomic E-state index is 0.00813. The van der Waals surface area contributed by atoms with Gasteiger partial charge in [-0.05, 0) is 29.7 Å². The van der Waals surface area contributed by atoms with Crippen LogP contribution < -0.4 is 0 Å². The fourth-order valence-corrected chi connectivity index (χ4v) is 3.26. The number of fused-ring (bicyclic) bond motifs is 1. The second-order valence-electron chi connectivity index (χ2n) is 6.21. The van der Waals surface area contributed by atoms with Crippen LogP contribution in [0.4, 0.5) is 5.69 Å². The van der Waals surface area contributed by atoms with Gasteiger partial charge in [0.25, 0.3) is 11.6 Å². The van der Waals surface area contributed by atoms with Gasteiger partial charge in [-0.1, -0.05) is 24.3 Å². The van der Waals surface area contributed by atoms with Gasteiger partial charge in [0.2, 0.25) is 0 Å². The zero-order valence-electron chi connectivity index (χ0n) is 13.9. The molecule has 0 radical (unpaired) electrons. The highest BCUT2D eigenvalue weighted by Gasteiger charge is 2.25. The van der Waals surface area contributed by atoms with Crippen molar-refractivity contribution in [1.82, 2.24) is 15.1 Å². The van der Waals surface area contributed by atoms with Gasteiger partial charge < -0.3 is 4.90 Å². The van der Waals surface area contributed by atoms with E-state index in [0.717, 1.165) is 12.0 Å². The van der Waals surface area contributed by atoms with Crippen LogP contribution in [0.25, 0.3) is 11.3 Å². The summed E-state index contributed by atoms with van der Waals surface area (Å²) in [5.41, 5.74) is 4.18. The summed E-state index contributed by atoms with van der Waals surface area (Å²) in [6.45, 7) is 1.22. The van der Waals surface area contributed by atoms with Crippen LogP contribution in [-0.4, -0.2) is 32.5 Å². The highest BCUT2D eigenvalue weighted by molar-refractivity contribution is 5.99. The van der Waals surface area contributed by atoms with Gasteiger partial charge in [-0.15, -0.1) is 0 Å². The molecule has 0 atom stereocenters. The summed E-state index contributed by atoms with van der Waals surface area (Å²) in [6.07, 6.45) is 2.34. The average molecular weight is 348 g/mol. The van der Waals surface area contributed by atoms with E-state index in [0.29, 0.717) is 29.9 Å². The molecule has 7 heteroatoms. The lowest BCUT2D eigenvalue weighted by Gasteiger charge is -2.28. The molecule has 1 N–H and O–H groups in total. The molecule has 1 amide bonds. The predicted octanol–water partition coefficient (Wildman–Crippen LogP) is 3.18. The van der Waals surface area contributed by atoms with Crippen LogP contribution in [0.3, 0.4) is 0 Å². The van der Waals surface area contributed by atoms with Crippen LogP contribution in [0, 0.1) is 10.1 Å². The molecule has 4 rings (SSSR count). The first-order chi connectivity index (χ1) is 12.6. The third-order valence-electron chi connectivity index (χ3n) is 4.65. The van der Waals surface area contributed by atoms with Crippen molar-refractivity contribution in [1.29, 1.82) is 0 Å². The number of rotatable bonds is 3. The van der Waals surface area contributed by atoms with Crippen molar-refractivity contribution in [3.05, 3.63) is 81.5 Å². The molecule has 130 valence electrons. The zero-order valence-corrected chi connectivity index (χ0v) is 13.9. The lowest BCUT2D eigenvalue weighted by Crippen LogP contribution is -2.36. The normalized spacial score (nSPS) is 13.3. The van der Waals surface area contributed by atoms with E-state index in [-0.39, 0.29) is 11.6 Å². The number of non-ortho nitro benzene ring substituents is 1. The third-order valence-corrected chi connectivity index (χ3v) is 4.65. The summed E-state index contributed by atoms with van der Waals surface area (Å²) in [6, 6.07) is 14.2. The monoisotopic (exact) mass is 348 g/mol. The Kier molecular flexibility index (Phi) is 3.96. The number of amides is 1. The van der Waals surface area contributed by atoms with Crippen LogP contribution in [0.1, 0.15) is 21.5 Å². The van der Waals surface area contributed by atoms with E-state index in [1.807, 2.05) is 23.1 Å². The molecule has 3 aromatic rings. The Labute approximate surface area is 149 Å². The van der Waals surface area contributed by atoms with Gasteiger partial charge in [-0.2, -0.15) is 5.10 Å². The number of carbonyl (C=O) groups is 1. The molecule has 0 unspecified atom stereocenters. The number of nitrogens with zero attached hydrogens (tertiary/aromatic N) is 3. The highest BCUT2D eigenvalue weighted by atomic mass is 16.6. The maximum Gasteiger partial charge on any atom is 0.269 e. The number of aromatic nitrogens is 2. The third kappa shape index (κ3) is 2.83. The molecule has 0 fully saturated rings. The Morgan fingerprint density at radius 1 is 1.12 bits per heavy atom. The molecule has 1 aromatic heterocycles. The molecule has 7 nitrogen and oxygen atoms in total. The first kappa shape index (κ1) is 16.0. The highest BCUT2D eigenvalue weighted by Crippen LogP contribution is 2.26.